The first-order chi connectivity index (χ1) is 9.78. The Bertz CT molecular complexity index is 615. The SMILES string of the molecule is N#CCOc1ccc(/C=N\Nc2ccc(F)cc2)cc1. The molecule has 0 bridgehead atoms. The van der Waals surface area contributed by atoms with Gasteiger partial charge >= 0.3 is 0 Å². The van der Waals surface area contributed by atoms with Crippen molar-refractivity contribution < 1.29 is 9.13 Å². The Labute approximate surface area is 116 Å². The van der Waals surface area contributed by atoms with Gasteiger partial charge in [0.15, 0.2) is 6.61 Å². The average molecular weight is 269 g/mol. The highest BCUT2D eigenvalue weighted by Gasteiger charge is 1.93. The van der Waals surface area contributed by atoms with Crippen molar-refractivity contribution in [3.05, 3.63) is 59.9 Å². The van der Waals surface area contributed by atoms with E-state index in [1.54, 1.807) is 30.5 Å². The highest BCUT2D eigenvalue weighted by molar-refractivity contribution is 5.80. The van der Waals surface area contributed by atoms with Gasteiger partial charge in [-0.3, -0.25) is 5.43 Å². The second-order valence-corrected chi connectivity index (χ2v) is 3.89. The number of ether oxygens (including phenoxy) is 1. The Morgan fingerprint density at radius 2 is 1.85 bits per heavy atom. The van der Waals surface area contributed by atoms with Crippen LogP contribution >= 0.6 is 0 Å². The number of hydrogen-bond acceptors (Lipinski definition) is 4. The fraction of sp³-hybridized carbons (Fsp3) is 0.0667. The first kappa shape index (κ1) is 13.6. The van der Waals surface area contributed by atoms with Gasteiger partial charge < -0.3 is 4.74 Å². The molecule has 20 heavy (non-hydrogen) atoms. The van der Waals surface area contributed by atoms with Crippen LogP contribution in [0.3, 0.4) is 0 Å². The normalized spacial score (nSPS) is 10.2. The zero-order chi connectivity index (χ0) is 14.2. The highest BCUT2D eigenvalue weighted by Crippen LogP contribution is 2.11. The molecule has 0 amide bonds. The van der Waals surface area contributed by atoms with E-state index in [0.29, 0.717) is 11.4 Å². The number of nitrogens with one attached hydrogen (secondary N) is 1. The van der Waals surface area contributed by atoms with E-state index >= 15 is 0 Å². The monoisotopic (exact) mass is 269 g/mol. The summed E-state index contributed by atoms with van der Waals surface area (Å²) in [5.74, 6) is 0.350. The van der Waals surface area contributed by atoms with E-state index in [1.807, 2.05) is 18.2 Å². The van der Waals surface area contributed by atoms with Crippen molar-refractivity contribution in [2.24, 2.45) is 5.10 Å². The van der Waals surface area contributed by atoms with Gasteiger partial charge in [-0.1, -0.05) is 0 Å². The Hall–Kier alpha value is -2.87. The summed E-state index contributed by atoms with van der Waals surface area (Å²) in [5.41, 5.74) is 4.38. The van der Waals surface area contributed by atoms with Gasteiger partial charge in [0.1, 0.15) is 17.6 Å². The number of rotatable bonds is 5. The van der Waals surface area contributed by atoms with E-state index in [4.69, 9.17) is 10.00 Å². The van der Waals surface area contributed by atoms with Crippen LogP contribution in [0.2, 0.25) is 0 Å². The molecule has 5 heteroatoms. The maximum Gasteiger partial charge on any atom is 0.174 e. The van der Waals surface area contributed by atoms with Crippen LogP contribution in [0.25, 0.3) is 0 Å². The second kappa shape index (κ2) is 6.90. The number of anilines is 1. The third-order valence-corrected chi connectivity index (χ3v) is 2.43. The zero-order valence-electron chi connectivity index (χ0n) is 10.6. The van der Waals surface area contributed by atoms with Crippen molar-refractivity contribution >= 4 is 11.9 Å². The number of halogens is 1. The summed E-state index contributed by atoms with van der Waals surface area (Å²) in [7, 11) is 0. The molecule has 0 aliphatic heterocycles. The summed E-state index contributed by atoms with van der Waals surface area (Å²) in [5, 5.41) is 12.4. The van der Waals surface area contributed by atoms with Crippen LogP contribution in [0.15, 0.2) is 53.6 Å². The lowest BCUT2D eigenvalue weighted by Crippen LogP contribution is -1.94. The van der Waals surface area contributed by atoms with Crippen molar-refractivity contribution in [3.63, 3.8) is 0 Å². The van der Waals surface area contributed by atoms with Crippen LogP contribution in [0, 0.1) is 17.1 Å². The maximum absolute atomic E-state index is 12.7. The van der Waals surface area contributed by atoms with Gasteiger partial charge in [0.25, 0.3) is 0 Å². The molecule has 0 aliphatic rings. The van der Waals surface area contributed by atoms with E-state index in [1.165, 1.54) is 12.1 Å². The molecular weight excluding hydrogens is 257 g/mol. The largest absolute Gasteiger partial charge is 0.479 e. The summed E-state index contributed by atoms with van der Waals surface area (Å²) < 4.78 is 17.8. The second-order valence-electron chi connectivity index (χ2n) is 3.89. The quantitative estimate of drug-likeness (QED) is 0.670. The van der Waals surface area contributed by atoms with Gasteiger partial charge in [0, 0.05) is 0 Å². The van der Waals surface area contributed by atoms with Crippen molar-refractivity contribution in [1.82, 2.24) is 0 Å². The molecule has 0 atom stereocenters. The van der Waals surface area contributed by atoms with E-state index in [0.717, 1.165) is 5.56 Å². The van der Waals surface area contributed by atoms with Crippen LogP contribution in [-0.2, 0) is 0 Å². The molecule has 0 unspecified atom stereocenters. The predicted octanol–water partition coefficient (Wildman–Crippen LogP) is 3.17. The molecule has 2 aromatic rings. The summed E-state index contributed by atoms with van der Waals surface area (Å²) in [6.07, 6.45) is 1.64. The fourth-order valence-electron chi connectivity index (χ4n) is 1.47. The molecule has 2 aromatic carbocycles. The minimum Gasteiger partial charge on any atom is -0.479 e. The first-order valence-electron chi connectivity index (χ1n) is 5.92. The highest BCUT2D eigenvalue weighted by atomic mass is 19.1. The van der Waals surface area contributed by atoms with Gasteiger partial charge in [0.05, 0.1) is 11.9 Å². The topological polar surface area (TPSA) is 57.4 Å². The Morgan fingerprint density at radius 1 is 1.15 bits per heavy atom. The lowest BCUT2D eigenvalue weighted by atomic mass is 10.2. The molecule has 0 aliphatic carbocycles. The summed E-state index contributed by atoms with van der Waals surface area (Å²) in [6, 6.07) is 15.0. The minimum absolute atomic E-state index is 0.0273. The van der Waals surface area contributed by atoms with Crippen LogP contribution in [0.1, 0.15) is 5.56 Å². The number of nitriles is 1. The van der Waals surface area contributed by atoms with Gasteiger partial charge in [0.2, 0.25) is 0 Å². The minimum atomic E-state index is -0.285. The molecule has 0 fully saturated rings. The summed E-state index contributed by atoms with van der Waals surface area (Å²) in [6.45, 7) is 0.0273. The number of hydrogen-bond donors (Lipinski definition) is 1. The van der Waals surface area contributed by atoms with Crippen LogP contribution in [0.5, 0.6) is 5.75 Å². The van der Waals surface area contributed by atoms with Gasteiger partial charge in [-0.15, -0.1) is 0 Å². The van der Waals surface area contributed by atoms with E-state index < -0.39 is 0 Å². The van der Waals surface area contributed by atoms with Crippen LogP contribution in [-0.4, -0.2) is 12.8 Å². The number of benzene rings is 2. The van der Waals surface area contributed by atoms with Crippen molar-refractivity contribution in [2.45, 2.75) is 0 Å². The molecule has 0 radical (unpaired) electrons. The molecule has 0 aromatic heterocycles. The van der Waals surface area contributed by atoms with Crippen molar-refractivity contribution in [3.8, 4) is 11.8 Å². The first-order valence-corrected chi connectivity index (χ1v) is 5.92. The molecule has 0 saturated carbocycles. The molecule has 4 nitrogen and oxygen atoms in total. The Morgan fingerprint density at radius 3 is 2.50 bits per heavy atom. The number of hydrazone groups is 1. The predicted molar refractivity (Wildman–Crippen MR) is 75.2 cm³/mol. The maximum atomic E-state index is 12.7. The lowest BCUT2D eigenvalue weighted by Gasteiger charge is -2.01. The van der Waals surface area contributed by atoms with Crippen LogP contribution < -0.4 is 10.2 Å². The molecule has 0 spiro atoms. The third-order valence-electron chi connectivity index (χ3n) is 2.43. The lowest BCUT2D eigenvalue weighted by molar-refractivity contribution is 0.368. The molecule has 0 heterocycles. The van der Waals surface area contributed by atoms with Gasteiger partial charge in [-0.05, 0) is 54.1 Å². The van der Waals surface area contributed by atoms with Gasteiger partial charge in [-0.25, -0.2) is 4.39 Å². The Kier molecular flexibility index (Phi) is 4.68. The number of nitrogens with zero attached hydrogens (tertiary/aromatic N) is 2. The fourth-order valence-corrected chi connectivity index (χ4v) is 1.47. The van der Waals surface area contributed by atoms with Crippen molar-refractivity contribution in [2.75, 3.05) is 12.0 Å². The van der Waals surface area contributed by atoms with E-state index in [9.17, 15) is 4.39 Å². The van der Waals surface area contributed by atoms with Crippen LogP contribution in [0.4, 0.5) is 10.1 Å². The third kappa shape index (κ3) is 4.10. The standard InChI is InChI=1S/C15H12FN3O/c16-13-3-5-14(6-4-13)19-18-11-12-1-7-15(8-2-12)20-10-9-17/h1-8,11,19H,10H2/b18-11-. The summed E-state index contributed by atoms with van der Waals surface area (Å²) >= 11 is 0. The molecule has 0 saturated heterocycles. The van der Waals surface area contributed by atoms with Gasteiger partial charge in [-0.2, -0.15) is 10.4 Å². The molecular formula is C15H12FN3O. The van der Waals surface area contributed by atoms with E-state index in [2.05, 4.69) is 10.5 Å². The molecule has 2 rings (SSSR count). The van der Waals surface area contributed by atoms with E-state index in [-0.39, 0.29) is 12.4 Å². The average Bonchev–Trinajstić information content (AvgIpc) is 2.48. The summed E-state index contributed by atoms with van der Waals surface area (Å²) in [4.78, 5) is 0. The molecule has 100 valence electrons. The Balaban J connectivity index is 1.91. The zero-order valence-corrected chi connectivity index (χ0v) is 10.6. The smallest absolute Gasteiger partial charge is 0.174 e. The van der Waals surface area contributed by atoms with Crippen molar-refractivity contribution in [1.29, 1.82) is 5.26 Å². The molecule has 1 N–H and O–H groups in total.